The highest BCUT2D eigenvalue weighted by Gasteiger charge is 2.60. The third-order valence-electron chi connectivity index (χ3n) is 9.97. The van der Waals surface area contributed by atoms with Crippen molar-refractivity contribution in [1.29, 1.82) is 0 Å². The molecule has 4 atom stereocenters. The maximum Gasteiger partial charge on any atom is 0.312 e. The number of halogens is 2. The average molecular weight is 702 g/mol. The Morgan fingerprint density at radius 3 is 2.08 bits per heavy atom. The summed E-state index contributed by atoms with van der Waals surface area (Å²) in [5, 5.41) is 13.6. The first-order chi connectivity index (χ1) is 23.8. The van der Waals surface area contributed by atoms with E-state index < -0.39 is 50.6 Å². The van der Waals surface area contributed by atoms with Gasteiger partial charge in [0.05, 0.1) is 20.0 Å². The van der Waals surface area contributed by atoms with E-state index in [1.807, 2.05) is 119 Å². The van der Waals surface area contributed by atoms with Crippen molar-refractivity contribution in [3.8, 4) is 5.75 Å². The molecule has 0 amide bonds. The number of anilines is 1. The van der Waals surface area contributed by atoms with Crippen LogP contribution in [-0.2, 0) is 19.5 Å². The van der Waals surface area contributed by atoms with E-state index in [1.54, 1.807) is 7.11 Å². The molecule has 0 spiro atoms. The number of nitrogens with one attached hydrogen (secondary N) is 1. The monoisotopic (exact) mass is 701 g/mol. The lowest BCUT2D eigenvalue weighted by atomic mass is 9.77. The topological polar surface area (TPSA) is 121 Å². The molecule has 6 rings (SSSR count). The standard InChI is InChI=1S/C37H41F2N5O5Si/c1-35(2,3)50(5,6)49-30-28(38)33(48-36(30,21-45)22-46)44-23-40-29-31(41-34(39)42-32(29)44)43-37(24-13-9-7-10-14-24,25-15-11-8-12-16-25)26-17-19-27(47-4)20-18-26/h7-21,23,28,30,33,46H,22H2,1-6H3,(H,41,42,43)/t28-,30-,33+,36+/m0/s1. The normalized spacial score (nSPS) is 21.3. The van der Waals surface area contributed by atoms with Gasteiger partial charge in [-0.15, -0.1) is 0 Å². The summed E-state index contributed by atoms with van der Waals surface area (Å²) < 4.78 is 51.2. The van der Waals surface area contributed by atoms with Gasteiger partial charge in [0, 0.05) is 0 Å². The van der Waals surface area contributed by atoms with E-state index in [4.69, 9.17) is 13.9 Å². The number of rotatable bonds is 11. The van der Waals surface area contributed by atoms with Crippen molar-refractivity contribution in [3.05, 3.63) is 114 Å². The molecule has 2 N–H and O–H groups in total. The molecular weight excluding hydrogens is 661 g/mol. The fourth-order valence-corrected chi connectivity index (χ4v) is 7.50. The lowest BCUT2D eigenvalue weighted by Gasteiger charge is -2.41. The summed E-state index contributed by atoms with van der Waals surface area (Å²) >= 11 is 0. The number of benzene rings is 3. The number of aliphatic hydroxyl groups is 1. The molecule has 0 saturated carbocycles. The van der Waals surface area contributed by atoms with E-state index in [9.17, 15) is 9.90 Å². The minimum Gasteiger partial charge on any atom is -0.497 e. The summed E-state index contributed by atoms with van der Waals surface area (Å²) in [6.07, 6.45) is -4.36. The van der Waals surface area contributed by atoms with E-state index in [0.29, 0.717) is 12.0 Å². The van der Waals surface area contributed by atoms with E-state index in [0.717, 1.165) is 16.7 Å². The highest BCUT2D eigenvalue weighted by molar-refractivity contribution is 6.74. The van der Waals surface area contributed by atoms with Crippen LogP contribution in [0, 0.1) is 6.08 Å². The summed E-state index contributed by atoms with van der Waals surface area (Å²) in [5.41, 5.74) is -0.679. The van der Waals surface area contributed by atoms with E-state index >= 15 is 8.78 Å². The van der Waals surface area contributed by atoms with Gasteiger partial charge >= 0.3 is 6.08 Å². The van der Waals surface area contributed by atoms with Crippen LogP contribution < -0.4 is 10.1 Å². The molecule has 50 heavy (non-hydrogen) atoms. The molecule has 1 fully saturated rings. The number of nitrogens with zero attached hydrogens (tertiary/aromatic N) is 4. The number of fused-ring (bicyclic) bond motifs is 1. The van der Waals surface area contributed by atoms with Crippen LogP contribution in [0.15, 0.2) is 91.3 Å². The Morgan fingerprint density at radius 2 is 1.56 bits per heavy atom. The van der Waals surface area contributed by atoms with Crippen LogP contribution >= 0.6 is 0 Å². The summed E-state index contributed by atoms with van der Waals surface area (Å²) in [6.45, 7) is 8.96. The Balaban J connectivity index is 1.50. The van der Waals surface area contributed by atoms with E-state index in [1.165, 1.54) is 10.9 Å². The highest BCUT2D eigenvalue weighted by atomic mass is 28.4. The Morgan fingerprint density at radius 1 is 0.980 bits per heavy atom. The van der Waals surface area contributed by atoms with Crippen molar-refractivity contribution >= 4 is 31.6 Å². The molecule has 5 aromatic rings. The number of aldehydes is 1. The first-order valence-corrected chi connectivity index (χ1v) is 19.2. The van der Waals surface area contributed by atoms with Crippen molar-refractivity contribution in [2.75, 3.05) is 19.0 Å². The second-order valence-electron chi connectivity index (χ2n) is 14.0. The molecule has 0 unspecified atom stereocenters. The zero-order chi connectivity index (χ0) is 35.9. The van der Waals surface area contributed by atoms with Gasteiger partial charge in [-0.25, -0.2) is 9.37 Å². The number of imidazole rings is 1. The van der Waals surface area contributed by atoms with E-state index in [2.05, 4.69) is 20.3 Å². The summed E-state index contributed by atoms with van der Waals surface area (Å²) in [6, 6.07) is 26.7. The Kier molecular flexibility index (Phi) is 9.37. The van der Waals surface area contributed by atoms with Crippen molar-refractivity contribution in [3.63, 3.8) is 0 Å². The largest absolute Gasteiger partial charge is 0.497 e. The molecule has 0 aliphatic carbocycles. The number of hydrogen-bond acceptors (Lipinski definition) is 9. The first-order valence-electron chi connectivity index (χ1n) is 16.3. The molecule has 262 valence electrons. The van der Waals surface area contributed by atoms with Gasteiger partial charge in [0.2, 0.25) is 0 Å². The van der Waals surface area contributed by atoms with Crippen molar-refractivity contribution in [1.82, 2.24) is 19.5 Å². The van der Waals surface area contributed by atoms with Gasteiger partial charge in [0.15, 0.2) is 49.6 Å². The van der Waals surface area contributed by atoms with Gasteiger partial charge in [-0.05, 0) is 47.0 Å². The number of carbonyl (C=O) groups excluding carboxylic acids is 1. The van der Waals surface area contributed by atoms with Crippen LogP contribution in [0.3, 0.4) is 0 Å². The zero-order valence-corrected chi connectivity index (χ0v) is 29.8. The second kappa shape index (κ2) is 13.3. The molecule has 1 aliphatic rings. The smallest absolute Gasteiger partial charge is 0.312 e. The maximum absolute atomic E-state index is 16.6. The molecule has 10 nitrogen and oxygen atoms in total. The predicted molar refractivity (Wildman–Crippen MR) is 188 cm³/mol. The van der Waals surface area contributed by atoms with Gasteiger partial charge < -0.3 is 24.3 Å². The SMILES string of the molecule is COc1ccc(C(Nc2nc(F)nc3c2ncn3[C@@H]2O[C@](C=O)(CO)[C@@H](O[Si](C)(C)C(C)(C)C)[C@@H]2F)(c2ccccc2)c2ccccc2)cc1. The van der Waals surface area contributed by atoms with Crippen LogP contribution in [0.5, 0.6) is 5.75 Å². The first kappa shape index (κ1) is 35.3. The van der Waals surface area contributed by atoms with Crippen LogP contribution in [0.2, 0.25) is 18.1 Å². The Hall–Kier alpha value is -4.56. The number of hydrogen-bond donors (Lipinski definition) is 2. The molecule has 2 aromatic heterocycles. The summed E-state index contributed by atoms with van der Waals surface area (Å²) in [4.78, 5) is 25.2. The van der Waals surface area contributed by atoms with Gasteiger partial charge in [0.25, 0.3) is 0 Å². The number of methoxy groups -OCH3 is 1. The molecule has 3 heterocycles. The third kappa shape index (κ3) is 5.97. The highest BCUT2D eigenvalue weighted by Crippen LogP contribution is 2.47. The van der Waals surface area contributed by atoms with Crippen molar-refractivity contribution in [2.45, 2.75) is 68.5 Å². The van der Waals surface area contributed by atoms with E-state index in [-0.39, 0.29) is 22.0 Å². The number of ether oxygens (including phenoxy) is 2. The van der Waals surface area contributed by atoms with Crippen molar-refractivity contribution < 1.29 is 32.6 Å². The molecule has 1 saturated heterocycles. The lowest BCUT2D eigenvalue weighted by Crippen LogP contribution is -2.55. The quantitative estimate of drug-likeness (QED) is 0.0683. The fraction of sp³-hybridized carbons (Fsp3) is 0.351. The number of aromatic nitrogens is 4. The number of aliphatic hydroxyl groups excluding tert-OH is 1. The van der Waals surface area contributed by atoms with Crippen LogP contribution in [0.1, 0.15) is 43.7 Å². The van der Waals surface area contributed by atoms with Gasteiger partial charge in [0.1, 0.15) is 17.4 Å². The molecule has 3 aromatic carbocycles. The Labute approximate surface area is 290 Å². The molecule has 1 aliphatic heterocycles. The summed E-state index contributed by atoms with van der Waals surface area (Å²) in [5.74, 6) is 0.682. The predicted octanol–water partition coefficient (Wildman–Crippen LogP) is 6.57. The van der Waals surface area contributed by atoms with Crippen molar-refractivity contribution in [2.24, 2.45) is 0 Å². The van der Waals surface area contributed by atoms with Gasteiger partial charge in [-0.3, -0.25) is 9.36 Å². The molecule has 13 heteroatoms. The van der Waals surface area contributed by atoms with Crippen LogP contribution in [-0.4, -0.2) is 70.8 Å². The number of carbonyl (C=O) groups is 1. The van der Waals surface area contributed by atoms with Gasteiger partial charge in [-0.2, -0.15) is 14.4 Å². The third-order valence-corrected chi connectivity index (χ3v) is 14.4. The number of alkyl halides is 1. The van der Waals surface area contributed by atoms with Gasteiger partial charge in [-0.1, -0.05) is 93.6 Å². The zero-order valence-electron chi connectivity index (χ0n) is 28.8. The summed E-state index contributed by atoms with van der Waals surface area (Å²) in [7, 11) is -1.08. The fourth-order valence-electron chi connectivity index (χ4n) is 6.18. The Bertz CT molecular complexity index is 1920. The lowest BCUT2D eigenvalue weighted by molar-refractivity contribution is -0.150. The maximum atomic E-state index is 16.6. The minimum atomic E-state index is -2.67. The molecule has 0 radical (unpaired) electrons. The average Bonchev–Trinajstić information content (AvgIpc) is 3.65. The minimum absolute atomic E-state index is 0.0288. The van der Waals surface area contributed by atoms with Crippen LogP contribution in [0.4, 0.5) is 14.6 Å². The molecule has 0 bridgehead atoms. The van der Waals surface area contributed by atoms with Crippen LogP contribution in [0.25, 0.3) is 11.2 Å². The second-order valence-corrected chi connectivity index (χ2v) is 18.7. The molecular formula is C37H41F2N5O5Si.